The van der Waals surface area contributed by atoms with Gasteiger partial charge in [0.15, 0.2) is 0 Å². The van der Waals surface area contributed by atoms with E-state index in [2.05, 4.69) is 15.5 Å². The van der Waals surface area contributed by atoms with Crippen LogP contribution in [0.25, 0.3) is 10.9 Å². The van der Waals surface area contributed by atoms with Crippen LogP contribution in [0.2, 0.25) is 0 Å². The highest BCUT2D eigenvalue weighted by molar-refractivity contribution is 5.80. The summed E-state index contributed by atoms with van der Waals surface area (Å²) < 4.78 is 2.69. The van der Waals surface area contributed by atoms with Gasteiger partial charge in [-0.05, 0) is 26.3 Å². The van der Waals surface area contributed by atoms with E-state index in [1.807, 2.05) is 45.0 Å². The Balaban J connectivity index is 1.78. The molecule has 0 fully saturated rings. The van der Waals surface area contributed by atoms with E-state index < -0.39 is 0 Å². The maximum atomic E-state index is 12.6. The van der Waals surface area contributed by atoms with Gasteiger partial charge in [0.25, 0.3) is 5.56 Å². The zero-order chi connectivity index (χ0) is 18.1. The Hall–Kier alpha value is -2.96. The van der Waals surface area contributed by atoms with E-state index in [0.29, 0.717) is 10.9 Å². The van der Waals surface area contributed by atoms with E-state index in [1.54, 1.807) is 13.2 Å². The first-order chi connectivity index (χ1) is 11.9. The van der Waals surface area contributed by atoms with Crippen LogP contribution in [-0.4, -0.2) is 25.5 Å². The topological polar surface area (TPSA) is 81.8 Å². The summed E-state index contributed by atoms with van der Waals surface area (Å²) >= 11 is 0. The van der Waals surface area contributed by atoms with Crippen LogP contribution in [0.5, 0.6) is 0 Å². The van der Waals surface area contributed by atoms with Crippen LogP contribution in [0.3, 0.4) is 0 Å². The first-order valence-electron chi connectivity index (χ1n) is 8.12. The molecule has 2 heterocycles. The predicted molar refractivity (Wildman–Crippen MR) is 95.2 cm³/mol. The van der Waals surface area contributed by atoms with Crippen molar-refractivity contribution in [2.45, 2.75) is 33.4 Å². The van der Waals surface area contributed by atoms with Gasteiger partial charge in [-0.25, -0.2) is 4.68 Å². The maximum Gasteiger partial charge on any atom is 0.293 e. The summed E-state index contributed by atoms with van der Waals surface area (Å²) in [5.74, 6) is -0.263. The lowest BCUT2D eigenvalue weighted by atomic mass is 10.1. The van der Waals surface area contributed by atoms with Gasteiger partial charge in [0.05, 0.1) is 17.9 Å². The van der Waals surface area contributed by atoms with E-state index in [4.69, 9.17) is 0 Å². The summed E-state index contributed by atoms with van der Waals surface area (Å²) in [7, 11) is 1.71. The Morgan fingerprint density at radius 2 is 1.92 bits per heavy atom. The third-order valence-corrected chi connectivity index (χ3v) is 4.28. The first-order valence-corrected chi connectivity index (χ1v) is 8.12. The maximum absolute atomic E-state index is 12.6. The zero-order valence-electron chi connectivity index (χ0n) is 14.8. The number of aryl methyl sites for hydroxylation is 3. The highest BCUT2D eigenvalue weighted by atomic mass is 16.2. The molecule has 2 aromatic heterocycles. The van der Waals surface area contributed by atoms with Crippen LogP contribution in [0.15, 0.2) is 35.3 Å². The van der Waals surface area contributed by atoms with Crippen molar-refractivity contribution in [1.29, 1.82) is 0 Å². The molecular weight excluding hydrogens is 318 g/mol. The molecular formula is C18H21N5O2. The van der Waals surface area contributed by atoms with Crippen LogP contribution < -0.4 is 10.9 Å². The summed E-state index contributed by atoms with van der Waals surface area (Å²) in [6.45, 7) is 5.62. The Kier molecular flexibility index (Phi) is 4.39. The molecule has 3 aromatic rings. The van der Waals surface area contributed by atoms with Crippen molar-refractivity contribution >= 4 is 16.8 Å². The monoisotopic (exact) mass is 339 g/mol. The molecule has 1 amide bonds. The van der Waals surface area contributed by atoms with Crippen LogP contribution in [-0.2, 0) is 18.4 Å². The van der Waals surface area contributed by atoms with Crippen molar-refractivity contribution in [2.75, 3.05) is 0 Å². The minimum absolute atomic E-state index is 0.130. The standard InChI is InChI=1S/C18H21N5O2/c1-11-5-7-14(8-6-11)12(2)20-16(24)10-23-18(25)17-15(9-19-23)13(3)21-22(17)4/h5-9,12H,10H2,1-4H3,(H,20,24). The van der Waals surface area contributed by atoms with E-state index in [9.17, 15) is 9.59 Å². The number of rotatable bonds is 4. The van der Waals surface area contributed by atoms with Gasteiger partial charge in [0.2, 0.25) is 5.91 Å². The molecule has 0 saturated carbocycles. The van der Waals surface area contributed by atoms with Crippen molar-refractivity contribution in [3.8, 4) is 0 Å². The third-order valence-electron chi connectivity index (χ3n) is 4.28. The van der Waals surface area contributed by atoms with Gasteiger partial charge in [-0.2, -0.15) is 10.2 Å². The van der Waals surface area contributed by atoms with Gasteiger partial charge in [-0.3, -0.25) is 14.3 Å². The number of fused-ring (bicyclic) bond motifs is 1. The summed E-state index contributed by atoms with van der Waals surface area (Å²) in [5.41, 5.74) is 3.05. The van der Waals surface area contributed by atoms with Crippen molar-refractivity contribution in [1.82, 2.24) is 24.9 Å². The SMILES string of the molecule is Cc1ccc(C(C)NC(=O)Cn2ncc3c(C)nn(C)c3c2=O)cc1. The average Bonchev–Trinajstić information content (AvgIpc) is 2.85. The van der Waals surface area contributed by atoms with Gasteiger partial charge >= 0.3 is 0 Å². The van der Waals surface area contributed by atoms with Crippen LogP contribution >= 0.6 is 0 Å². The molecule has 3 rings (SSSR count). The lowest BCUT2D eigenvalue weighted by Crippen LogP contribution is -2.35. The van der Waals surface area contributed by atoms with Gasteiger partial charge < -0.3 is 5.32 Å². The summed E-state index contributed by atoms with van der Waals surface area (Å²) in [6, 6.07) is 7.82. The number of carbonyl (C=O) groups excluding carboxylic acids is 1. The van der Waals surface area contributed by atoms with Crippen LogP contribution in [0.1, 0.15) is 29.8 Å². The fraction of sp³-hybridized carbons (Fsp3) is 0.333. The second kappa shape index (κ2) is 6.51. The van der Waals surface area contributed by atoms with Crippen molar-refractivity contribution in [3.63, 3.8) is 0 Å². The first kappa shape index (κ1) is 16.9. The van der Waals surface area contributed by atoms with Gasteiger partial charge in [-0.1, -0.05) is 29.8 Å². The molecule has 7 nitrogen and oxygen atoms in total. The molecule has 0 aliphatic rings. The lowest BCUT2D eigenvalue weighted by molar-refractivity contribution is -0.122. The van der Waals surface area contributed by atoms with Crippen LogP contribution in [0.4, 0.5) is 0 Å². The largest absolute Gasteiger partial charge is 0.348 e. The molecule has 0 aliphatic heterocycles. The fourth-order valence-corrected chi connectivity index (χ4v) is 2.86. The summed E-state index contributed by atoms with van der Waals surface area (Å²) in [6.07, 6.45) is 1.58. The number of nitrogens with one attached hydrogen (secondary N) is 1. The number of carbonyl (C=O) groups is 1. The molecule has 1 aromatic carbocycles. The highest BCUT2D eigenvalue weighted by Crippen LogP contribution is 2.13. The number of benzene rings is 1. The number of aromatic nitrogens is 4. The molecule has 7 heteroatoms. The number of amides is 1. The third kappa shape index (κ3) is 3.31. The molecule has 0 spiro atoms. The molecule has 0 saturated heterocycles. The Labute approximate surface area is 145 Å². The van der Waals surface area contributed by atoms with E-state index >= 15 is 0 Å². The minimum atomic E-state index is -0.321. The highest BCUT2D eigenvalue weighted by Gasteiger charge is 2.15. The summed E-state index contributed by atoms with van der Waals surface area (Å²) in [4.78, 5) is 24.9. The normalized spacial score (nSPS) is 12.3. The van der Waals surface area contributed by atoms with Gasteiger partial charge in [-0.15, -0.1) is 0 Å². The molecule has 0 bridgehead atoms. The average molecular weight is 339 g/mol. The fourth-order valence-electron chi connectivity index (χ4n) is 2.86. The van der Waals surface area contributed by atoms with Crippen molar-refractivity contribution < 1.29 is 4.79 Å². The van der Waals surface area contributed by atoms with Crippen molar-refractivity contribution in [2.24, 2.45) is 7.05 Å². The van der Waals surface area contributed by atoms with E-state index in [1.165, 1.54) is 9.36 Å². The number of hydrogen-bond donors (Lipinski definition) is 1. The minimum Gasteiger partial charge on any atom is -0.348 e. The molecule has 25 heavy (non-hydrogen) atoms. The van der Waals surface area contributed by atoms with Gasteiger partial charge in [0, 0.05) is 12.4 Å². The second-order valence-electron chi connectivity index (χ2n) is 6.28. The molecule has 1 atom stereocenters. The molecule has 1 unspecified atom stereocenters. The number of hydrogen-bond acceptors (Lipinski definition) is 4. The molecule has 130 valence electrons. The van der Waals surface area contributed by atoms with Crippen LogP contribution in [0, 0.1) is 13.8 Å². The molecule has 0 radical (unpaired) electrons. The zero-order valence-corrected chi connectivity index (χ0v) is 14.8. The Morgan fingerprint density at radius 3 is 2.60 bits per heavy atom. The second-order valence-corrected chi connectivity index (χ2v) is 6.28. The number of nitrogens with zero attached hydrogens (tertiary/aromatic N) is 4. The molecule has 0 aliphatic carbocycles. The predicted octanol–water partition coefficient (Wildman–Crippen LogP) is 1.62. The van der Waals surface area contributed by atoms with E-state index in [0.717, 1.165) is 16.8 Å². The van der Waals surface area contributed by atoms with Crippen molar-refractivity contribution in [3.05, 3.63) is 57.6 Å². The quantitative estimate of drug-likeness (QED) is 0.783. The Bertz CT molecular complexity index is 985. The Morgan fingerprint density at radius 1 is 1.24 bits per heavy atom. The van der Waals surface area contributed by atoms with E-state index in [-0.39, 0.29) is 24.1 Å². The van der Waals surface area contributed by atoms with Gasteiger partial charge in [0.1, 0.15) is 12.1 Å². The lowest BCUT2D eigenvalue weighted by Gasteiger charge is -2.15. The summed E-state index contributed by atoms with van der Waals surface area (Å²) in [5, 5.41) is 11.9. The smallest absolute Gasteiger partial charge is 0.293 e. The molecule has 1 N–H and O–H groups in total.